The van der Waals surface area contributed by atoms with E-state index in [-0.39, 0.29) is 30.4 Å². The number of hydrogen-bond acceptors (Lipinski definition) is 3. The zero-order valence-corrected chi connectivity index (χ0v) is 21.0. The van der Waals surface area contributed by atoms with Crippen molar-refractivity contribution >= 4 is 11.9 Å². The third-order valence-corrected chi connectivity index (χ3v) is 7.43. The first-order chi connectivity index (χ1) is 18.8. The predicted molar refractivity (Wildman–Crippen MR) is 143 cm³/mol. The van der Waals surface area contributed by atoms with Crippen molar-refractivity contribution in [2.24, 2.45) is 5.92 Å². The minimum atomic E-state index is -0.906. The number of carbonyl (C=O) groups is 2. The molecule has 5 rings (SSSR count). The number of aliphatic hydroxyl groups is 1. The molecule has 0 spiro atoms. The number of rotatable bonds is 9. The summed E-state index contributed by atoms with van der Waals surface area (Å²) in [6.45, 7) is 0. The lowest BCUT2D eigenvalue weighted by molar-refractivity contribution is -0.141. The smallest absolute Gasteiger partial charge is 0.307 e. The van der Waals surface area contributed by atoms with Crippen LogP contribution in [0.3, 0.4) is 0 Å². The summed E-state index contributed by atoms with van der Waals surface area (Å²) in [5.41, 5.74) is 3.77. The van der Waals surface area contributed by atoms with E-state index in [2.05, 4.69) is 5.32 Å². The van der Waals surface area contributed by atoms with Crippen molar-refractivity contribution in [1.29, 1.82) is 0 Å². The number of hydrogen-bond donors (Lipinski definition) is 3. The van der Waals surface area contributed by atoms with Gasteiger partial charge in [-0.3, -0.25) is 9.59 Å². The van der Waals surface area contributed by atoms with Crippen LogP contribution in [0, 0.1) is 17.6 Å². The summed E-state index contributed by atoms with van der Waals surface area (Å²) in [5.74, 6) is -2.34. The Bertz CT molecular complexity index is 1470. The van der Waals surface area contributed by atoms with Crippen LogP contribution in [0.4, 0.5) is 8.78 Å². The molecule has 0 bridgehead atoms. The zero-order chi connectivity index (χ0) is 27.6. The van der Waals surface area contributed by atoms with Crippen LogP contribution in [-0.2, 0) is 21.5 Å². The molecule has 0 aliphatic carbocycles. The van der Waals surface area contributed by atoms with Gasteiger partial charge in [0, 0.05) is 0 Å². The van der Waals surface area contributed by atoms with Gasteiger partial charge in [-0.25, -0.2) is 8.78 Å². The Morgan fingerprint density at radius 3 is 1.79 bits per heavy atom. The van der Waals surface area contributed by atoms with E-state index in [0.717, 1.165) is 22.3 Å². The molecule has 3 N–H and O–H groups in total. The lowest BCUT2D eigenvalue weighted by atomic mass is 9.64. The largest absolute Gasteiger partial charge is 0.481 e. The molecule has 0 aromatic heterocycles. The quantitative estimate of drug-likeness (QED) is 0.242. The second kappa shape index (κ2) is 10.8. The number of amides is 1. The Balaban J connectivity index is 1.43. The number of β-lactam (4-membered cyclic amide) rings is 1. The molecule has 1 aliphatic rings. The highest BCUT2D eigenvalue weighted by Crippen LogP contribution is 2.47. The van der Waals surface area contributed by atoms with Crippen molar-refractivity contribution in [3.63, 3.8) is 0 Å². The van der Waals surface area contributed by atoms with Crippen LogP contribution in [0.5, 0.6) is 0 Å². The molecule has 39 heavy (non-hydrogen) atoms. The molecule has 1 amide bonds. The van der Waals surface area contributed by atoms with Crippen LogP contribution in [0.2, 0.25) is 0 Å². The van der Waals surface area contributed by atoms with Crippen LogP contribution in [-0.4, -0.2) is 22.1 Å². The molecule has 4 aromatic rings. The standard InChI is InChI=1S/C32H27F2NO4/c33-26-13-7-23(8-14-26)29(36)18-17-28-31(39)35-32(28,25-11-15-27(34)16-12-25)24-9-5-22(6-10-24)21-3-1-20(2-4-21)19-30(37)38/h1-16,28-29,36H,17-19H2,(H,35,39)(H,37,38)/t28-,29-,32-/m0/s1. The summed E-state index contributed by atoms with van der Waals surface area (Å²) >= 11 is 0. The summed E-state index contributed by atoms with van der Waals surface area (Å²) in [7, 11) is 0. The molecular weight excluding hydrogens is 500 g/mol. The van der Waals surface area contributed by atoms with E-state index in [9.17, 15) is 23.5 Å². The Hall–Kier alpha value is -4.36. The topological polar surface area (TPSA) is 86.6 Å². The number of aliphatic hydroxyl groups excluding tert-OH is 1. The normalized spacial score (nSPS) is 19.2. The van der Waals surface area contributed by atoms with Gasteiger partial charge in [-0.15, -0.1) is 0 Å². The van der Waals surface area contributed by atoms with Crippen LogP contribution < -0.4 is 5.32 Å². The number of carboxylic acids is 1. The number of aliphatic carboxylic acids is 1. The summed E-state index contributed by atoms with van der Waals surface area (Å²) in [5, 5.41) is 22.8. The fourth-order valence-electron chi connectivity index (χ4n) is 5.35. The van der Waals surface area contributed by atoms with Gasteiger partial charge < -0.3 is 15.5 Å². The lowest BCUT2D eigenvalue weighted by Crippen LogP contribution is -2.67. The zero-order valence-electron chi connectivity index (χ0n) is 21.0. The number of halogens is 2. The van der Waals surface area contributed by atoms with Crippen molar-refractivity contribution in [3.05, 3.63) is 131 Å². The van der Waals surface area contributed by atoms with E-state index in [1.807, 2.05) is 36.4 Å². The van der Waals surface area contributed by atoms with Gasteiger partial charge in [0.15, 0.2) is 0 Å². The van der Waals surface area contributed by atoms with Gasteiger partial charge in [-0.1, -0.05) is 72.8 Å². The molecule has 1 heterocycles. The highest BCUT2D eigenvalue weighted by atomic mass is 19.1. The molecular formula is C32H27F2NO4. The van der Waals surface area contributed by atoms with Crippen molar-refractivity contribution < 1.29 is 28.6 Å². The molecule has 198 valence electrons. The minimum Gasteiger partial charge on any atom is -0.481 e. The number of carbonyl (C=O) groups excluding carboxylic acids is 1. The van der Waals surface area contributed by atoms with Gasteiger partial charge in [0.1, 0.15) is 17.2 Å². The van der Waals surface area contributed by atoms with Crippen LogP contribution in [0.25, 0.3) is 11.1 Å². The molecule has 1 saturated heterocycles. The first-order valence-corrected chi connectivity index (χ1v) is 12.7. The number of carboxylic acid groups (broad SMARTS) is 1. The molecule has 5 nitrogen and oxygen atoms in total. The van der Waals surface area contributed by atoms with Gasteiger partial charge in [-0.2, -0.15) is 0 Å². The Morgan fingerprint density at radius 1 is 0.795 bits per heavy atom. The summed E-state index contributed by atoms with van der Waals surface area (Å²) in [6.07, 6.45) is -0.269. The third-order valence-electron chi connectivity index (χ3n) is 7.43. The van der Waals surface area contributed by atoms with E-state index < -0.39 is 23.5 Å². The third kappa shape index (κ3) is 5.31. The first-order valence-electron chi connectivity index (χ1n) is 12.7. The number of benzene rings is 4. The van der Waals surface area contributed by atoms with Crippen LogP contribution in [0.15, 0.2) is 97.1 Å². The van der Waals surface area contributed by atoms with E-state index in [1.54, 1.807) is 24.3 Å². The highest BCUT2D eigenvalue weighted by molar-refractivity contribution is 5.90. The number of nitrogens with one attached hydrogen (secondary N) is 1. The predicted octanol–water partition coefficient (Wildman–Crippen LogP) is 5.76. The average molecular weight is 528 g/mol. The van der Waals surface area contributed by atoms with Gasteiger partial charge >= 0.3 is 5.97 Å². The van der Waals surface area contributed by atoms with Crippen LogP contribution in [0.1, 0.15) is 41.2 Å². The molecule has 0 unspecified atom stereocenters. The van der Waals surface area contributed by atoms with E-state index in [0.29, 0.717) is 17.5 Å². The summed E-state index contributed by atoms with van der Waals surface area (Å²) in [6, 6.07) is 26.7. The van der Waals surface area contributed by atoms with Crippen molar-refractivity contribution in [3.8, 4) is 11.1 Å². The maximum Gasteiger partial charge on any atom is 0.307 e. The summed E-state index contributed by atoms with van der Waals surface area (Å²) in [4.78, 5) is 23.9. The van der Waals surface area contributed by atoms with E-state index >= 15 is 0 Å². The van der Waals surface area contributed by atoms with Crippen LogP contribution >= 0.6 is 0 Å². The van der Waals surface area contributed by atoms with E-state index in [4.69, 9.17) is 5.11 Å². The van der Waals surface area contributed by atoms with Gasteiger partial charge in [0.25, 0.3) is 0 Å². The SMILES string of the molecule is O=C(O)Cc1ccc(-c2ccc([C@@]3(c4ccc(F)cc4)NC(=O)[C@@H]3CC[C@H](O)c3ccc(F)cc3)cc2)cc1. The maximum atomic E-state index is 13.8. The Labute approximate surface area is 224 Å². The lowest BCUT2D eigenvalue weighted by Gasteiger charge is -2.50. The fraction of sp³-hybridized carbons (Fsp3) is 0.188. The van der Waals surface area contributed by atoms with Gasteiger partial charge in [0.2, 0.25) is 5.91 Å². The Kier molecular flexibility index (Phi) is 7.26. The minimum absolute atomic E-state index is 0.0453. The first kappa shape index (κ1) is 26.3. The van der Waals surface area contributed by atoms with Crippen molar-refractivity contribution in [1.82, 2.24) is 5.32 Å². The maximum absolute atomic E-state index is 13.8. The monoisotopic (exact) mass is 527 g/mol. The van der Waals surface area contributed by atoms with E-state index in [1.165, 1.54) is 36.4 Å². The van der Waals surface area contributed by atoms with Gasteiger partial charge in [0.05, 0.1) is 18.4 Å². The molecule has 0 radical (unpaired) electrons. The fourth-order valence-corrected chi connectivity index (χ4v) is 5.35. The second-order valence-electron chi connectivity index (χ2n) is 9.85. The van der Waals surface area contributed by atoms with Crippen molar-refractivity contribution in [2.45, 2.75) is 30.9 Å². The van der Waals surface area contributed by atoms with Crippen molar-refractivity contribution in [2.75, 3.05) is 0 Å². The molecule has 3 atom stereocenters. The van der Waals surface area contributed by atoms with Gasteiger partial charge in [-0.05, 0) is 70.5 Å². The molecule has 1 fully saturated rings. The Morgan fingerprint density at radius 2 is 1.28 bits per heavy atom. The molecule has 7 heteroatoms. The summed E-state index contributed by atoms with van der Waals surface area (Å²) < 4.78 is 27.1. The second-order valence-corrected chi connectivity index (χ2v) is 9.85. The molecule has 1 aliphatic heterocycles. The molecule has 4 aromatic carbocycles. The average Bonchev–Trinajstić information content (AvgIpc) is 2.93. The molecule has 0 saturated carbocycles. The highest BCUT2D eigenvalue weighted by Gasteiger charge is 2.55.